The molecule has 0 saturated heterocycles. The monoisotopic (exact) mass is 156 g/mol. The van der Waals surface area contributed by atoms with Gasteiger partial charge in [0.25, 0.3) is 0 Å². The minimum absolute atomic E-state index is 0.688. The van der Waals surface area contributed by atoms with Gasteiger partial charge >= 0.3 is 0 Å². The molecule has 1 rings (SSSR count). The van der Waals surface area contributed by atoms with E-state index in [0.29, 0.717) is 5.92 Å². The maximum absolute atomic E-state index is 4.11. The largest absolute Gasteiger partial charge is 0.247 e. The summed E-state index contributed by atoms with van der Waals surface area (Å²) >= 11 is 1.51. The molecule has 1 aliphatic heterocycles. The van der Waals surface area contributed by atoms with Crippen LogP contribution in [-0.2, 0) is 0 Å². The Labute approximate surface area is 65.9 Å². The predicted molar refractivity (Wildman–Crippen MR) is 46.8 cm³/mol. The maximum atomic E-state index is 4.11. The fourth-order valence-electron chi connectivity index (χ4n) is 0.797. The van der Waals surface area contributed by atoms with E-state index in [0.717, 1.165) is 12.1 Å². The molecular formula is C7H12N2S. The zero-order valence-electron chi connectivity index (χ0n) is 6.29. The lowest BCUT2D eigenvalue weighted by atomic mass is 10.1. The lowest BCUT2D eigenvalue weighted by Gasteiger charge is -2.07. The van der Waals surface area contributed by atoms with Gasteiger partial charge in [0.2, 0.25) is 0 Å². The van der Waals surface area contributed by atoms with Crippen LogP contribution in [0.4, 0.5) is 0 Å². The quantitative estimate of drug-likeness (QED) is 0.619. The molecule has 0 unspecified atom stereocenters. The van der Waals surface area contributed by atoms with E-state index in [1.54, 1.807) is 0 Å². The lowest BCUT2D eigenvalue weighted by Crippen LogP contribution is -2.07. The number of hydrogen-bond acceptors (Lipinski definition) is 3. The third kappa shape index (κ3) is 2.43. The van der Waals surface area contributed by atoms with Crippen molar-refractivity contribution < 1.29 is 0 Å². The highest BCUT2D eigenvalue weighted by Crippen LogP contribution is 2.08. The molecule has 0 bridgehead atoms. The number of rotatable bonds is 2. The molecule has 0 spiro atoms. The van der Waals surface area contributed by atoms with Gasteiger partial charge in [0.05, 0.1) is 5.71 Å². The average Bonchev–Trinajstić information content (AvgIpc) is 1.88. The first-order valence-electron chi connectivity index (χ1n) is 3.43. The average molecular weight is 156 g/mol. The van der Waals surface area contributed by atoms with Crippen LogP contribution in [0.2, 0.25) is 0 Å². The normalized spacial score (nSPS) is 16.9. The first-order chi connectivity index (χ1) is 4.79. The van der Waals surface area contributed by atoms with Gasteiger partial charge in [-0.2, -0.15) is 5.10 Å². The van der Waals surface area contributed by atoms with Crippen molar-refractivity contribution >= 4 is 17.7 Å². The van der Waals surface area contributed by atoms with Gasteiger partial charge < -0.3 is 0 Å². The van der Waals surface area contributed by atoms with Crippen LogP contribution in [0.5, 0.6) is 0 Å². The van der Waals surface area contributed by atoms with Crippen molar-refractivity contribution in [1.82, 2.24) is 4.83 Å². The topological polar surface area (TPSA) is 24.4 Å². The molecule has 3 heteroatoms. The molecule has 0 aliphatic carbocycles. The number of hydrogen-bond donors (Lipinski definition) is 1. The van der Waals surface area contributed by atoms with E-state index in [9.17, 15) is 0 Å². The standard InChI is InChI=1S/C7H12N2S/c1-6(2)5-7-3-4-10-9-8-7/h3-4,6,9H,5H2,1-2H3. The molecule has 56 valence electrons. The summed E-state index contributed by atoms with van der Waals surface area (Å²) in [5.74, 6) is 0.688. The molecule has 0 atom stereocenters. The lowest BCUT2D eigenvalue weighted by molar-refractivity contribution is 0.683. The van der Waals surface area contributed by atoms with Crippen molar-refractivity contribution in [2.45, 2.75) is 20.3 Å². The second kappa shape index (κ2) is 3.66. The van der Waals surface area contributed by atoms with Gasteiger partial charge in [-0.05, 0) is 35.8 Å². The molecule has 0 radical (unpaired) electrons. The number of hydrazone groups is 1. The van der Waals surface area contributed by atoms with E-state index in [4.69, 9.17) is 0 Å². The van der Waals surface area contributed by atoms with Gasteiger partial charge in [0.15, 0.2) is 0 Å². The molecule has 2 nitrogen and oxygen atoms in total. The van der Waals surface area contributed by atoms with E-state index < -0.39 is 0 Å². The zero-order chi connectivity index (χ0) is 7.40. The van der Waals surface area contributed by atoms with Gasteiger partial charge in [-0.15, -0.1) is 0 Å². The van der Waals surface area contributed by atoms with Crippen LogP contribution in [0.25, 0.3) is 0 Å². The second-order valence-electron chi connectivity index (χ2n) is 2.71. The fraction of sp³-hybridized carbons (Fsp3) is 0.571. The molecule has 0 aromatic heterocycles. The van der Waals surface area contributed by atoms with Crippen molar-refractivity contribution in [2.75, 3.05) is 0 Å². The van der Waals surface area contributed by atoms with Crippen LogP contribution in [0, 0.1) is 5.92 Å². The van der Waals surface area contributed by atoms with Crippen molar-refractivity contribution in [3.05, 3.63) is 11.5 Å². The number of nitrogens with one attached hydrogen (secondary N) is 1. The molecule has 0 saturated carbocycles. The van der Waals surface area contributed by atoms with Crippen molar-refractivity contribution in [2.24, 2.45) is 11.0 Å². The highest BCUT2D eigenvalue weighted by Gasteiger charge is 2.01. The van der Waals surface area contributed by atoms with Crippen LogP contribution in [0.3, 0.4) is 0 Å². The maximum Gasteiger partial charge on any atom is 0.0621 e. The molecule has 0 aromatic carbocycles. The third-order valence-corrected chi connectivity index (χ3v) is 1.66. The van der Waals surface area contributed by atoms with Crippen molar-refractivity contribution in [1.29, 1.82) is 0 Å². The molecule has 1 N–H and O–H groups in total. The summed E-state index contributed by atoms with van der Waals surface area (Å²) in [6.07, 6.45) is 3.12. The van der Waals surface area contributed by atoms with Crippen LogP contribution < -0.4 is 4.83 Å². The Morgan fingerprint density at radius 3 is 3.00 bits per heavy atom. The van der Waals surface area contributed by atoms with E-state index in [1.165, 1.54) is 11.9 Å². The van der Waals surface area contributed by atoms with Gasteiger partial charge in [0.1, 0.15) is 0 Å². The van der Waals surface area contributed by atoms with Crippen LogP contribution in [0.15, 0.2) is 16.6 Å². The van der Waals surface area contributed by atoms with Crippen LogP contribution in [0.1, 0.15) is 20.3 Å². The van der Waals surface area contributed by atoms with Gasteiger partial charge in [0, 0.05) is 0 Å². The molecule has 10 heavy (non-hydrogen) atoms. The minimum Gasteiger partial charge on any atom is -0.247 e. The first-order valence-corrected chi connectivity index (χ1v) is 4.31. The van der Waals surface area contributed by atoms with Crippen molar-refractivity contribution in [3.63, 3.8) is 0 Å². The summed E-state index contributed by atoms with van der Waals surface area (Å²) in [4.78, 5) is 2.86. The van der Waals surface area contributed by atoms with Gasteiger partial charge in [-0.1, -0.05) is 13.8 Å². The van der Waals surface area contributed by atoms with Gasteiger partial charge in [-0.3, -0.25) is 0 Å². The highest BCUT2D eigenvalue weighted by molar-refractivity contribution is 8.00. The van der Waals surface area contributed by atoms with Crippen LogP contribution in [-0.4, -0.2) is 5.71 Å². The van der Waals surface area contributed by atoms with Crippen molar-refractivity contribution in [3.8, 4) is 0 Å². The van der Waals surface area contributed by atoms with E-state index in [2.05, 4.69) is 29.9 Å². The number of allylic oxidation sites excluding steroid dienone is 1. The number of nitrogens with zero attached hydrogens (tertiary/aromatic N) is 1. The molecule has 1 aliphatic rings. The Hall–Kier alpha value is -0.440. The van der Waals surface area contributed by atoms with E-state index >= 15 is 0 Å². The summed E-state index contributed by atoms with van der Waals surface area (Å²) in [6, 6.07) is 0. The minimum atomic E-state index is 0.688. The van der Waals surface area contributed by atoms with E-state index in [1.807, 2.05) is 5.41 Å². The molecule has 1 heterocycles. The molecular weight excluding hydrogens is 144 g/mol. The zero-order valence-corrected chi connectivity index (χ0v) is 7.11. The summed E-state index contributed by atoms with van der Waals surface area (Å²) in [5.41, 5.74) is 1.15. The van der Waals surface area contributed by atoms with Crippen LogP contribution >= 0.6 is 11.9 Å². The Morgan fingerprint density at radius 2 is 2.50 bits per heavy atom. The Morgan fingerprint density at radius 1 is 1.70 bits per heavy atom. The summed E-state index contributed by atoms with van der Waals surface area (Å²) < 4.78 is 0. The molecule has 0 fully saturated rings. The predicted octanol–water partition coefficient (Wildman–Crippen LogP) is 2.15. The highest BCUT2D eigenvalue weighted by atomic mass is 32.2. The summed E-state index contributed by atoms with van der Waals surface area (Å²) in [5, 5.41) is 6.13. The fourth-order valence-corrected chi connectivity index (χ4v) is 1.25. The second-order valence-corrected chi connectivity index (χ2v) is 3.40. The molecule has 0 aromatic rings. The van der Waals surface area contributed by atoms with E-state index in [-0.39, 0.29) is 0 Å². The summed E-state index contributed by atoms with van der Waals surface area (Å²) in [7, 11) is 0. The Balaban J connectivity index is 2.40. The first kappa shape index (κ1) is 7.66. The third-order valence-electron chi connectivity index (χ3n) is 1.19. The van der Waals surface area contributed by atoms with Gasteiger partial charge in [-0.25, -0.2) is 4.83 Å². The molecule has 0 amide bonds. The summed E-state index contributed by atoms with van der Waals surface area (Å²) in [6.45, 7) is 4.39. The Bertz CT molecular complexity index is 161. The Kier molecular flexibility index (Phi) is 2.81. The SMILES string of the molecule is CC(C)CC1=NNSC=C1. The smallest absolute Gasteiger partial charge is 0.0621 e.